The number of carbonyl (C=O) groups excluding carboxylic acids is 1. The molecule has 27 heavy (non-hydrogen) atoms. The van der Waals surface area contributed by atoms with E-state index in [0.717, 1.165) is 21.1 Å². The van der Waals surface area contributed by atoms with Gasteiger partial charge in [-0.1, -0.05) is 0 Å². The summed E-state index contributed by atoms with van der Waals surface area (Å²) in [6, 6.07) is 4.93. The van der Waals surface area contributed by atoms with Crippen LogP contribution < -0.4 is 5.56 Å². The van der Waals surface area contributed by atoms with Crippen LogP contribution in [0.5, 0.6) is 0 Å². The molecule has 1 saturated heterocycles. The topological polar surface area (TPSA) is 92.6 Å². The number of hydrogen-bond donors (Lipinski definition) is 0. The molecule has 0 radical (unpaired) electrons. The van der Waals surface area contributed by atoms with E-state index in [9.17, 15) is 26.8 Å². The second-order valence-corrected chi connectivity index (χ2v) is 7.89. The van der Waals surface area contributed by atoms with Gasteiger partial charge in [0.25, 0.3) is 11.5 Å². The van der Waals surface area contributed by atoms with Crippen molar-refractivity contribution in [1.82, 2.24) is 19.0 Å². The fraction of sp³-hybridized carbons (Fsp3) is 0.312. The second kappa shape index (κ2) is 7.16. The molecule has 0 aliphatic carbocycles. The lowest BCUT2D eigenvalue weighted by Gasteiger charge is -2.33. The molecule has 8 nitrogen and oxygen atoms in total. The molecule has 3 rings (SSSR count). The molecule has 2 heterocycles. The SMILES string of the molecule is Cn1nc(C(=O)N2CCN(S(=O)(=O)c3ccc(F)c(F)c3)CC2)ccc1=O. The van der Waals surface area contributed by atoms with E-state index in [1.165, 1.54) is 24.1 Å². The minimum Gasteiger partial charge on any atom is -0.335 e. The van der Waals surface area contributed by atoms with Gasteiger partial charge in [-0.05, 0) is 24.3 Å². The monoisotopic (exact) mass is 398 g/mol. The van der Waals surface area contributed by atoms with Crippen LogP contribution in [0.3, 0.4) is 0 Å². The van der Waals surface area contributed by atoms with Crippen LogP contribution in [0.2, 0.25) is 0 Å². The van der Waals surface area contributed by atoms with Crippen LogP contribution in [0.1, 0.15) is 10.5 Å². The summed E-state index contributed by atoms with van der Waals surface area (Å²) in [6.07, 6.45) is 0. The van der Waals surface area contributed by atoms with E-state index >= 15 is 0 Å². The summed E-state index contributed by atoms with van der Waals surface area (Å²) < 4.78 is 53.7. The van der Waals surface area contributed by atoms with E-state index in [2.05, 4.69) is 5.10 Å². The molecular weight excluding hydrogens is 382 g/mol. The number of nitrogens with zero attached hydrogens (tertiary/aromatic N) is 4. The van der Waals surface area contributed by atoms with Gasteiger partial charge in [0.05, 0.1) is 4.90 Å². The average molecular weight is 398 g/mol. The van der Waals surface area contributed by atoms with Crippen molar-refractivity contribution in [2.45, 2.75) is 4.90 Å². The third-order valence-corrected chi connectivity index (χ3v) is 6.13. The molecule has 0 bridgehead atoms. The zero-order valence-electron chi connectivity index (χ0n) is 14.3. The van der Waals surface area contributed by atoms with Gasteiger partial charge >= 0.3 is 0 Å². The van der Waals surface area contributed by atoms with E-state index < -0.39 is 27.6 Å². The molecule has 1 aliphatic heterocycles. The number of aromatic nitrogens is 2. The minimum atomic E-state index is -4.00. The van der Waals surface area contributed by atoms with E-state index in [1.54, 1.807) is 0 Å². The number of aryl methyl sites for hydroxylation is 1. The summed E-state index contributed by atoms with van der Waals surface area (Å²) >= 11 is 0. The lowest BCUT2D eigenvalue weighted by Crippen LogP contribution is -2.50. The third kappa shape index (κ3) is 3.74. The molecule has 1 amide bonds. The molecule has 1 aromatic heterocycles. The molecule has 1 aliphatic rings. The first-order valence-electron chi connectivity index (χ1n) is 7.99. The van der Waals surface area contributed by atoms with E-state index in [-0.39, 0.29) is 42.3 Å². The Kier molecular flexibility index (Phi) is 5.07. The maximum Gasteiger partial charge on any atom is 0.274 e. The molecule has 1 aromatic carbocycles. The molecule has 0 spiro atoms. The fourth-order valence-corrected chi connectivity index (χ4v) is 4.13. The van der Waals surface area contributed by atoms with Crippen molar-refractivity contribution in [3.8, 4) is 0 Å². The summed E-state index contributed by atoms with van der Waals surface area (Å²) in [6.45, 7) is 0.205. The van der Waals surface area contributed by atoms with Crippen LogP contribution in [0, 0.1) is 11.6 Å². The van der Waals surface area contributed by atoms with Gasteiger partial charge in [0, 0.05) is 39.3 Å². The highest BCUT2D eigenvalue weighted by atomic mass is 32.2. The van der Waals surface area contributed by atoms with Crippen LogP contribution in [0.25, 0.3) is 0 Å². The largest absolute Gasteiger partial charge is 0.335 e. The maximum atomic E-state index is 13.4. The molecule has 2 aromatic rings. The molecule has 0 N–H and O–H groups in total. The Bertz CT molecular complexity index is 1050. The van der Waals surface area contributed by atoms with Gasteiger partial charge in [-0.3, -0.25) is 9.59 Å². The highest BCUT2D eigenvalue weighted by Crippen LogP contribution is 2.20. The Labute approximate surface area is 153 Å². The van der Waals surface area contributed by atoms with Crippen molar-refractivity contribution in [3.63, 3.8) is 0 Å². The quantitative estimate of drug-likeness (QED) is 0.737. The van der Waals surface area contributed by atoms with Gasteiger partial charge in [-0.2, -0.15) is 9.40 Å². The molecule has 11 heteroatoms. The van der Waals surface area contributed by atoms with Crippen molar-refractivity contribution in [3.05, 3.63) is 58.0 Å². The number of amides is 1. The maximum absolute atomic E-state index is 13.4. The first-order chi connectivity index (χ1) is 12.7. The van der Waals surface area contributed by atoms with Crippen LogP contribution >= 0.6 is 0 Å². The Morgan fingerprint density at radius 2 is 1.70 bits per heavy atom. The van der Waals surface area contributed by atoms with E-state index in [1.807, 2.05) is 0 Å². The molecule has 0 saturated carbocycles. The van der Waals surface area contributed by atoms with Crippen LogP contribution in [0.15, 0.2) is 40.0 Å². The zero-order valence-corrected chi connectivity index (χ0v) is 15.1. The minimum absolute atomic E-state index is 0.00116. The van der Waals surface area contributed by atoms with Crippen molar-refractivity contribution in [1.29, 1.82) is 0 Å². The highest BCUT2D eigenvalue weighted by Gasteiger charge is 2.31. The standard InChI is InChI=1S/C16H16F2N4O4S/c1-20-15(23)5-4-14(19-20)16(24)21-6-8-22(9-7-21)27(25,26)11-2-3-12(17)13(18)10-11/h2-5,10H,6-9H2,1H3. The predicted molar refractivity (Wildman–Crippen MR) is 90.5 cm³/mol. The van der Waals surface area contributed by atoms with E-state index in [0.29, 0.717) is 6.07 Å². The molecule has 144 valence electrons. The Balaban J connectivity index is 1.72. The normalized spacial score (nSPS) is 15.7. The number of benzene rings is 1. The van der Waals surface area contributed by atoms with Crippen LogP contribution in [0.4, 0.5) is 8.78 Å². The third-order valence-electron chi connectivity index (χ3n) is 4.23. The number of carbonyl (C=O) groups is 1. The Morgan fingerprint density at radius 1 is 1.04 bits per heavy atom. The summed E-state index contributed by atoms with van der Waals surface area (Å²) in [7, 11) is -2.58. The molecule has 1 fully saturated rings. The first-order valence-corrected chi connectivity index (χ1v) is 9.43. The number of rotatable bonds is 3. The van der Waals surface area contributed by atoms with Crippen molar-refractivity contribution in [2.75, 3.05) is 26.2 Å². The molecule has 0 unspecified atom stereocenters. The Hall–Kier alpha value is -2.66. The van der Waals surface area contributed by atoms with Crippen LogP contribution in [-0.2, 0) is 17.1 Å². The Morgan fingerprint density at radius 3 is 2.30 bits per heavy atom. The van der Waals surface area contributed by atoms with Crippen molar-refractivity contribution >= 4 is 15.9 Å². The predicted octanol–water partition coefficient (Wildman–Crippen LogP) is 0.205. The van der Waals surface area contributed by atoms with Gasteiger partial charge in [0.15, 0.2) is 11.6 Å². The number of halogens is 2. The van der Waals surface area contributed by atoms with Gasteiger partial charge in [-0.25, -0.2) is 21.9 Å². The van der Waals surface area contributed by atoms with Crippen LogP contribution in [-0.4, -0.2) is 59.5 Å². The summed E-state index contributed by atoms with van der Waals surface area (Å²) in [4.78, 5) is 24.9. The first kappa shape index (κ1) is 19.1. The smallest absolute Gasteiger partial charge is 0.274 e. The van der Waals surface area contributed by atoms with Crippen molar-refractivity contribution in [2.24, 2.45) is 7.05 Å². The lowest BCUT2D eigenvalue weighted by atomic mass is 10.3. The number of sulfonamides is 1. The molecule has 0 atom stereocenters. The summed E-state index contributed by atoms with van der Waals surface area (Å²) in [5.41, 5.74) is -0.275. The fourth-order valence-electron chi connectivity index (χ4n) is 2.70. The average Bonchev–Trinajstić information content (AvgIpc) is 2.65. The summed E-state index contributed by atoms with van der Waals surface area (Å²) in [5, 5.41) is 3.89. The number of piperazine rings is 1. The zero-order chi connectivity index (χ0) is 19.8. The van der Waals surface area contributed by atoms with Gasteiger partial charge in [-0.15, -0.1) is 0 Å². The highest BCUT2D eigenvalue weighted by molar-refractivity contribution is 7.89. The lowest BCUT2D eigenvalue weighted by molar-refractivity contribution is 0.0689. The van der Waals surface area contributed by atoms with Gasteiger partial charge in [0.2, 0.25) is 10.0 Å². The van der Waals surface area contributed by atoms with Gasteiger partial charge in [0.1, 0.15) is 5.69 Å². The number of hydrogen-bond acceptors (Lipinski definition) is 5. The second-order valence-electron chi connectivity index (χ2n) is 5.95. The van der Waals surface area contributed by atoms with E-state index in [4.69, 9.17) is 0 Å². The van der Waals surface area contributed by atoms with Crippen molar-refractivity contribution < 1.29 is 22.0 Å². The molecular formula is C16H16F2N4O4S. The summed E-state index contributed by atoms with van der Waals surface area (Å²) in [5.74, 6) is -2.80. The van der Waals surface area contributed by atoms with Gasteiger partial charge < -0.3 is 4.90 Å².